The molecule has 120 valence electrons. The van der Waals surface area contributed by atoms with Crippen molar-refractivity contribution in [1.82, 2.24) is 10.3 Å². The molecule has 1 N–H and O–H groups in total. The summed E-state index contributed by atoms with van der Waals surface area (Å²) in [5, 5.41) is 3.40. The Labute approximate surface area is 129 Å². The van der Waals surface area contributed by atoms with Gasteiger partial charge in [-0.2, -0.15) is 0 Å². The number of aromatic nitrogens is 1. The molecule has 0 unspecified atom stereocenters. The zero-order valence-corrected chi connectivity index (χ0v) is 13.9. The van der Waals surface area contributed by atoms with Gasteiger partial charge in [-0.1, -0.05) is 33.8 Å². The van der Waals surface area contributed by atoms with E-state index in [4.69, 9.17) is 9.47 Å². The smallest absolute Gasteiger partial charge is 0.0889 e. The van der Waals surface area contributed by atoms with Crippen LogP contribution in [-0.4, -0.2) is 31.3 Å². The Morgan fingerprint density at radius 2 is 1.71 bits per heavy atom. The Morgan fingerprint density at radius 3 is 2.43 bits per heavy atom. The second-order valence-corrected chi connectivity index (χ2v) is 6.17. The highest BCUT2D eigenvalue weighted by atomic mass is 16.5. The molecule has 1 aromatic rings. The monoisotopic (exact) mass is 294 g/mol. The number of ether oxygens (including phenoxy) is 2. The van der Waals surface area contributed by atoms with Gasteiger partial charge in [-0.3, -0.25) is 4.98 Å². The summed E-state index contributed by atoms with van der Waals surface area (Å²) in [6, 6.07) is 6.08. The van der Waals surface area contributed by atoms with Crippen molar-refractivity contribution in [3.05, 3.63) is 29.6 Å². The van der Waals surface area contributed by atoms with Gasteiger partial charge in [-0.25, -0.2) is 0 Å². The Bertz CT molecular complexity index is 381. The molecule has 0 bridgehead atoms. The van der Waals surface area contributed by atoms with E-state index >= 15 is 0 Å². The molecule has 0 saturated heterocycles. The van der Waals surface area contributed by atoms with E-state index in [9.17, 15) is 0 Å². The maximum Gasteiger partial charge on any atom is 0.0889 e. The molecular formula is C17H30N2O2. The summed E-state index contributed by atoms with van der Waals surface area (Å²) >= 11 is 0. The van der Waals surface area contributed by atoms with E-state index in [0.29, 0.717) is 31.7 Å². The van der Waals surface area contributed by atoms with Crippen LogP contribution in [0.1, 0.15) is 39.1 Å². The first kappa shape index (κ1) is 18.1. The maximum atomic E-state index is 5.59. The van der Waals surface area contributed by atoms with Crippen molar-refractivity contribution in [3.8, 4) is 0 Å². The van der Waals surface area contributed by atoms with Crippen molar-refractivity contribution in [2.24, 2.45) is 11.8 Å². The lowest BCUT2D eigenvalue weighted by Crippen LogP contribution is -2.19. The molecule has 1 heterocycles. The number of nitrogens with one attached hydrogen (secondary N) is 1. The van der Waals surface area contributed by atoms with Crippen LogP contribution in [0.5, 0.6) is 0 Å². The Morgan fingerprint density at radius 1 is 1.00 bits per heavy atom. The fourth-order valence-corrected chi connectivity index (χ4v) is 1.81. The van der Waals surface area contributed by atoms with Crippen LogP contribution in [0.15, 0.2) is 18.2 Å². The zero-order chi connectivity index (χ0) is 15.5. The normalized spacial score (nSPS) is 11.5. The maximum absolute atomic E-state index is 5.59. The Hall–Kier alpha value is -0.970. The summed E-state index contributed by atoms with van der Waals surface area (Å²) in [6.07, 6.45) is 0. The predicted octanol–water partition coefficient (Wildman–Crippen LogP) is 3.02. The second kappa shape index (κ2) is 10.7. The molecule has 0 radical (unpaired) electrons. The largest absolute Gasteiger partial charge is 0.379 e. The van der Waals surface area contributed by atoms with Crippen LogP contribution in [0, 0.1) is 11.8 Å². The van der Waals surface area contributed by atoms with Gasteiger partial charge in [-0.15, -0.1) is 0 Å². The van der Waals surface area contributed by atoms with Gasteiger partial charge in [0.1, 0.15) is 0 Å². The van der Waals surface area contributed by atoms with Gasteiger partial charge in [0.15, 0.2) is 0 Å². The molecule has 0 atom stereocenters. The Kier molecular flexibility index (Phi) is 9.22. The number of nitrogens with zero attached hydrogens (tertiary/aromatic N) is 1. The third-order valence-corrected chi connectivity index (χ3v) is 2.80. The summed E-state index contributed by atoms with van der Waals surface area (Å²) in [6.45, 7) is 13.1. The molecule has 21 heavy (non-hydrogen) atoms. The minimum Gasteiger partial charge on any atom is -0.379 e. The van der Waals surface area contributed by atoms with Crippen LogP contribution in [-0.2, 0) is 22.6 Å². The lowest BCUT2D eigenvalue weighted by molar-refractivity contribution is 0.0304. The van der Waals surface area contributed by atoms with Crippen molar-refractivity contribution in [1.29, 1.82) is 0 Å². The second-order valence-electron chi connectivity index (χ2n) is 6.17. The van der Waals surface area contributed by atoms with Crippen LogP contribution in [0.25, 0.3) is 0 Å². The molecule has 0 amide bonds. The average Bonchev–Trinajstić information content (AvgIpc) is 2.42. The molecule has 0 aliphatic heterocycles. The van der Waals surface area contributed by atoms with Gasteiger partial charge < -0.3 is 14.8 Å². The Balaban J connectivity index is 2.20. The first-order valence-electron chi connectivity index (χ1n) is 7.89. The van der Waals surface area contributed by atoms with Gasteiger partial charge in [-0.05, 0) is 30.5 Å². The van der Waals surface area contributed by atoms with Crippen LogP contribution >= 0.6 is 0 Å². The lowest BCUT2D eigenvalue weighted by Gasteiger charge is -2.09. The molecule has 1 aromatic heterocycles. The zero-order valence-electron chi connectivity index (χ0n) is 13.9. The van der Waals surface area contributed by atoms with Crippen molar-refractivity contribution < 1.29 is 9.47 Å². The fourth-order valence-electron chi connectivity index (χ4n) is 1.81. The number of hydrogen-bond donors (Lipinski definition) is 1. The van der Waals surface area contributed by atoms with Crippen molar-refractivity contribution in [3.63, 3.8) is 0 Å². The topological polar surface area (TPSA) is 43.4 Å². The van der Waals surface area contributed by atoms with Gasteiger partial charge >= 0.3 is 0 Å². The molecule has 4 heteroatoms. The highest BCUT2D eigenvalue weighted by Crippen LogP contribution is 2.02. The van der Waals surface area contributed by atoms with E-state index in [0.717, 1.165) is 31.1 Å². The van der Waals surface area contributed by atoms with Crippen LogP contribution in [0.2, 0.25) is 0 Å². The van der Waals surface area contributed by atoms with Gasteiger partial charge in [0.25, 0.3) is 0 Å². The molecular weight excluding hydrogens is 264 g/mol. The highest BCUT2D eigenvalue weighted by molar-refractivity contribution is 5.10. The van der Waals surface area contributed by atoms with Crippen LogP contribution in [0.4, 0.5) is 0 Å². The molecule has 4 nitrogen and oxygen atoms in total. The molecule has 1 rings (SSSR count). The van der Waals surface area contributed by atoms with Gasteiger partial charge in [0, 0.05) is 13.2 Å². The minimum absolute atomic E-state index is 0.545. The average molecular weight is 294 g/mol. The van der Waals surface area contributed by atoms with E-state index in [2.05, 4.69) is 38.0 Å². The summed E-state index contributed by atoms with van der Waals surface area (Å²) in [5.41, 5.74) is 2.04. The van der Waals surface area contributed by atoms with Gasteiger partial charge in [0.2, 0.25) is 0 Å². The summed E-state index contributed by atoms with van der Waals surface area (Å²) in [5.74, 6) is 1.23. The molecule has 0 aliphatic carbocycles. The number of pyridine rings is 1. The van der Waals surface area contributed by atoms with Crippen LogP contribution in [0.3, 0.4) is 0 Å². The van der Waals surface area contributed by atoms with Gasteiger partial charge in [0.05, 0.1) is 31.2 Å². The third kappa shape index (κ3) is 9.56. The summed E-state index contributed by atoms with van der Waals surface area (Å²) in [4.78, 5) is 4.59. The van der Waals surface area contributed by atoms with E-state index in [1.54, 1.807) is 0 Å². The quantitative estimate of drug-likeness (QED) is 0.637. The lowest BCUT2D eigenvalue weighted by atomic mass is 10.2. The first-order chi connectivity index (χ1) is 10.1. The van der Waals surface area contributed by atoms with E-state index < -0.39 is 0 Å². The fraction of sp³-hybridized carbons (Fsp3) is 0.706. The van der Waals surface area contributed by atoms with Crippen LogP contribution < -0.4 is 5.32 Å². The number of hydrogen-bond acceptors (Lipinski definition) is 4. The van der Waals surface area contributed by atoms with E-state index in [1.165, 1.54) is 0 Å². The SMILES string of the molecule is CC(C)CNCc1cccc(COCCOCC(C)C)n1. The molecule has 0 saturated carbocycles. The van der Waals surface area contributed by atoms with Crippen molar-refractivity contribution in [2.45, 2.75) is 40.8 Å². The summed E-state index contributed by atoms with van der Waals surface area (Å²) < 4.78 is 11.1. The number of rotatable bonds is 11. The molecule has 0 fully saturated rings. The van der Waals surface area contributed by atoms with Crippen molar-refractivity contribution in [2.75, 3.05) is 26.4 Å². The summed E-state index contributed by atoms with van der Waals surface area (Å²) in [7, 11) is 0. The highest BCUT2D eigenvalue weighted by Gasteiger charge is 2.00. The van der Waals surface area contributed by atoms with E-state index in [-0.39, 0.29) is 0 Å². The third-order valence-electron chi connectivity index (χ3n) is 2.80. The predicted molar refractivity (Wildman–Crippen MR) is 86.1 cm³/mol. The molecule has 0 aromatic carbocycles. The minimum atomic E-state index is 0.545. The van der Waals surface area contributed by atoms with Crippen molar-refractivity contribution >= 4 is 0 Å². The standard InChI is InChI=1S/C17H30N2O2/c1-14(2)10-18-11-16-6-5-7-17(19-16)13-21-9-8-20-12-15(3)4/h5-7,14-15,18H,8-13H2,1-4H3. The molecule has 0 spiro atoms. The first-order valence-corrected chi connectivity index (χ1v) is 7.89. The molecule has 0 aliphatic rings. The van der Waals surface area contributed by atoms with E-state index in [1.807, 2.05) is 18.2 Å².